The number of fused-ring (bicyclic) bond motifs is 1. The van der Waals surface area contributed by atoms with Gasteiger partial charge < -0.3 is 0 Å². The van der Waals surface area contributed by atoms with Gasteiger partial charge in [-0.15, -0.1) is 0 Å². The summed E-state index contributed by atoms with van der Waals surface area (Å²) in [6, 6.07) is 8.87. The molecule has 100 valence electrons. The van der Waals surface area contributed by atoms with Gasteiger partial charge in [-0.25, -0.2) is 4.98 Å². The van der Waals surface area contributed by atoms with Crippen molar-refractivity contribution in [2.24, 2.45) is 18.8 Å². The van der Waals surface area contributed by atoms with Gasteiger partial charge in [0.1, 0.15) is 12.2 Å². The fourth-order valence-electron chi connectivity index (χ4n) is 2.94. The Hall–Kier alpha value is -1.72. The van der Waals surface area contributed by atoms with Crippen LogP contribution in [0, 0.1) is 5.92 Å². The summed E-state index contributed by atoms with van der Waals surface area (Å²) in [5.41, 5.74) is 5.86. The Kier molecular flexibility index (Phi) is 3.31. The molecule has 1 aromatic carbocycles. The van der Waals surface area contributed by atoms with Gasteiger partial charge in [-0.1, -0.05) is 24.3 Å². The maximum absolute atomic E-state index is 5.75. The van der Waals surface area contributed by atoms with Crippen LogP contribution in [0.2, 0.25) is 0 Å². The van der Waals surface area contributed by atoms with Crippen LogP contribution in [-0.2, 0) is 26.3 Å². The second-order valence-electron chi connectivity index (χ2n) is 5.21. The van der Waals surface area contributed by atoms with E-state index in [9.17, 15) is 0 Å². The van der Waals surface area contributed by atoms with E-state index in [1.54, 1.807) is 6.33 Å². The van der Waals surface area contributed by atoms with Crippen LogP contribution < -0.4 is 11.3 Å². The molecule has 0 amide bonds. The van der Waals surface area contributed by atoms with Crippen molar-refractivity contribution in [1.29, 1.82) is 0 Å². The van der Waals surface area contributed by atoms with Gasteiger partial charge in [0.15, 0.2) is 0 Å². The molecule has 3 rings (SSSR count). The molecule has 1 aliphatic rings. The van der Waals surface area contributed by atoms with Crippen molar-refractivity contribution in [1.82, 2.24) is 20.2 Å². The highest BCUT2D eigenvalue weighted by Gasteiger charge is 2.28. The van der Waals surface area contributed by atoms with Crippen LogP contribution >= 0.6 is 0 Å². The number of aryl methyl sites for hydroxylation is 1. The first kappa shape index (κ1) is 12.3. The molecule has 1 atom stereocenters. The highest BCUT2D eigenvalue weighted by molar-refractivity contribution is 5.32. The SMILES string of the molecule is Cn1ncnc1CC(NN)C1Cc2ccccc2C1. The van der Waals surface area contributed by atoms with E-state index in [0.29, 0.717) is 5.92 Å². The van der Waals surface area contributed by atoms with E-state index in [0.717, 1.165) is 25.1 Å². The summed E-state index contributed by atoms with van der Waals surface area (Å²) in [5, 5.41) is 4.11. The fraction of sp³-hybridized carbons (Fsp3) is 0.429. The Labute approximate surface area is 112 Å². The molecule has 1 aliphatic carbocycles. The standard InChI is InChI=1S/C14H19N5/c1-19-14(16-9-17-19)8-13(18-15)12-6-10-4-2-3-5-11(10)7-12/h2-5,9,12-13,18H,6-8,15H2,1H3. The fourth-order valence-corrected chi connectivity index (χ4v) is 2.94. The molecular weight excluding hydrogens is 238 g/mol. The van der Waals surface area contributed by atoms with E-state index in [1.807, 2.05) is 11.7 Å². The minimum Gasteiger partial charge on any atom is -0.271 e. The van der Waals surface area contributed by atoms with Gasteiger partial charge in [-0.05, 0) is 29.9 Å². The van der Waals surface area contributed by atoms with Gasteiger partial charge in [0, 0.05) is 19.5 Å². The summed E-state index contributed by atoms with van der Waals surface area (Å²) in [5.74, 6) is 7.24. The Morgan fingerprint density at radius 3 is 2.58 bits per heavy atom. The lowest BCUT2D eigenvalue weighted by atomic mass is 9.94. The minimum atomic E-state index is 0.232. The zero-order valence-electron chi connectivity index (χ0n) is 11.1. The summed E-state index contributed by atoms with van der Waals surface area (Å²) in [6.07, 6.45) is 4.57. The Morgan fingerprint density at radius 1 is 1.37 bits per heavy atom. The highest BCUT2D eigenvalue weighted by Crippen LogP contribution is 2.29. The molecule has 0 fully saturated rings. The first-order valence-corrected chi connectivity index (χ1v) is 6.63. The second-order valence-corrected chi connectivity index (χ2v) is 5.21. The van der Waals surface area contributed by atoms with Crippen molar-refractivity contribution in [2.45, 2.75) is 25.3 Å². The first-order valence-electron chi connectivity index (χ1n) is 6.63. The van der Waals surface area contributed by atoms with Crippen LogP contribution in [0.25, 0.3) is 0 Å². The molecular formula is C14H19N5. The van der Waals surface area contributed by atoms with E-state index in [4.69, 9.17) is 5.84 Å². The van der Waals surface area contributed by atoms with E-state index in [2.05, 4.69) is 39.8 Å². The lowest BCUT2D eigenvalue weighted by Gasteiger charge is -2.22. The van der Waals surface area contributed by atoms with Crippen LogP contribution in [0.3, 0.4) is 0 Å². The number of hydrogen-bond donors (Lipinski definition) is 2. The molecule has 1 unspecified atom stereocenters. The van der Waals surface area contributed by atoms with E-state index in [-0.39, 0.29) is 6.04 Å². The predicted molar refractivity (Wildman–Crippen MR) is 73.2 cm³/mol. The Balaban J connectivity index is 1.73. The smallest absolute Gasteiger partial charge is 0.138 e. The molecule has 0 aliphatic heterocycles. The van der Waals surface area contributed by atoms with Crippen LogP contribution in [-0.4, -0.2) is 20.8 Å². The Bertz CT molecular complexity index is 537. The van der Waals surface area contributed by atoms with E-state index >= 15 is 0 Å². The topological polar surface area (TPSA) is 68.8 Å². The molecule has 0 saturated carbocycles. The van der Waals surface area contributed by atoms with Crippen molar-refractivity contribution in [3.8, 4) is 0 Å². The van der Waals surface area contributed by atoms with Gasteiger partial charge in [0.25, 0.3) is 0 Å². The first-order chi connectivity index (χ1) is 9.28. The average molecular weight is 257 g/mol. The van der Waals surface area contributed by atoms with Crippen molar-refractivity contribution >= 4 is 0 Å². The summed E-state index contributed by atoms with van der Waals surface area (Å²) < 4.78 is 1.81. The largest absolute Gasteiger partial charge is 0.271 e. The summed E-state index contributed by atoms with van der Waals surface area (Å²) in [4.78, 5) is 4.28. The number of nitrogens with one attached hydrogen (secondary N) is 1. The molecule has 2 aromatic rings. The van der Waals surface area contributed by atoms with Gasteiger partial charge in [0.2, 0.25) is 0 Å². The van der Waals surface area contributed by atoms with Crippen molar-refractivity contribution < 1.29 is 0 Å². The third-order valence-electron chi connectivity index (χ3n) is 4.07. The summed E-state index contributed by atoms with van der Waals surface area (Å²) >= 11 is 0. The van der Waals surface area contributed by atoms with Crippen LogP contribution in [0.15, 0.2) is 30.6 Å². The van der Waals surface area contributed by atoms with Crippen LogP contribution in [0.1, 0.15) is 17.0 Å². The molecule has 5 heteroatoms. The zero-order chi connectivity index (χ0) is 13.2. The number of benzene rings is 1. The van der Waals surface area contributed by atoms with Crippen LogP contribution in [0.4, 0.5) is 0 Å². The lowest BCUT2D eigenvalue weighted by Crippen LogP contribution is -2.43. The number of rotatable bonds is 4. The quantitative estimate of drug-likeness (QED) is 0.622. The van der Waals surface area contributed by atoms with E-state index < -0.39 is 0 Å². The second kappa shape index (κ2) is 5.11. The van der Waals surface area contributed by atoms with Crippen LogP contribution in [0.5, 0.6) is 0 Å². The molecule has 5 nitrogen and oxygen atoms in total. The molecule has 19 heavy (non-hydrogen) atoms. The third-order valence-corrected chi connectivity index (χ3v) is 4.07. The third kappa shape index (κ3) is 2.39. The Morgan fingerprint density at radius 2 is 2.05 bits per heavy atom. The predicted octanol–water partition coefficient (Wildman–Crippen LogP) is 0.605. The molecule has 0 spiro atoms. The number of aromatic nitrogens is 3. The van der Waals surface area contributed by atoms with Gasteiger partial charge in [0.05, 0.1) is 0 Å². The number of nitrogens with zero attached hydrogens (tertiary/aromatic N) is 3. The molecule has 3 N–H and O–H groups in total. The molecule has 0 saturated heterocycles. The molecule has 0 bridgehead atoms. The van der Waals surface area contributed by atoms with Crippen molar-refractivity contribution in [3.05, 3.63) is 47.5 Å². The van der Waals surface area contributed by atoms with E-state index in [1.165, 1.54) is 11.1 Å². The molecule has 1 aromatic heterocycles. The van der Waals surface area contributed by atoms with Crippen molar-refractivity contribution in [3.63, 3.8) is 0 Å². The summed E-state index contributed by atoms with van der Waals surface area (Å²) in [6.45, 7) is 0. The summed E-state index contributed by atoms with van der Waals surface area (Å²) in [7, 11) is 1.92. The van der Waals surface area contributed by atoms with Gasteiger partial charge in [-0.2, -0.15) is 5.10 Å². The average Bonchev–Trinajstić information content (AvgIpc) is 3.02. The monoisotopic (exact) mass is 257 g/mol. The van der Waals surface area contributed by atoms with Gasteiger partial charge >= 0.3 is 0 Å². The number of hydrogen-bond acceptors (Lipinski definition) is 4. The number of hydrazine groups is 1. The maximum atomic E-state index is 5.75. The highest BCUT2D eigenvalue weighted by atomic mass is 15.3. The minimum absolute atomic E-state index is 0.232. The van der Waals surface area contributed by atoms with Crippen molar-refractivity contribution in [2.75, 3.05) is 0 Å². The maximum Gasteiger partial charge on any atom is 0.138 e. The molecule has 1 heterocycles. The normalized spacial score (nSPS) is 16.5. The van der Waals surface area contributed by atoms with Gasteiger partial charge in [-0.3, -0.25) is 16.0 Å². The number of nitrogens with two attached hydrogens (primary N) is 1. The lowest BCUT2D eigenvalue weighted by molar-refractivity contribution is 0.358. The molecule has 0 radical (unpaired) electrons. The zero-order valence-corrected chi connectivity index (χ0v) is 11.1.